The van der Waals surface area contributed by atoms with Crippen LogP contribution in [0.3, 0.4) is 0 Å². The lowest BCUT2D eigenvalue weighted by Gasteiger charge is -2.17. The van der Waals surface area contributed by atoms with Gasteiger partial charge in [0.05, 0.1) is 4.47 Å². The fourth-order valence-corrected chi connectivity index (χ4v) is 1.29. The zero-order valence-corrected chi connectivity index (χ0v) is 9.93. The number of anilines is 1. The van der Waals surface area contributed by atoms with Crippen molar-refractivity contribution in [2.45, 2.75) is 33.7 Å². The summed E-state index contributed by atoms with van der Waals surface area (Å²) in [6.07, 6.45) is 3.02. The van der Waals surface area contributed by atoms with E-state index in [0.29, 0.717) is 11.2 Å². The Morgan fingerprint density at radius 3 is 2.54 bits per heavy atom. The van der Waals surface area contributed by atoms with Crippen LogP contribution in [0.2, 0.25) is 0 Å². The molecule has 0 radical (unpaired) electrons. The second-order valence-electron chi connectivity index (χ2n) is 4.44. The molecule has 0 bridgehead atoms. The van der Waals surface area contributed by atoms with Crippen molar-refractivity contribution in [3.63, 3.8) is 0 Å². The molecule has 1 rings (SSSR count). The van der Waals surface area contributed by atoms with Gasteiger partial charge < -0.3 is 5.73 Å². The molecule has 1 aromatic heterocycles. The third-order valence-corrected chi connectivity index (χ3v) is 2.45. The SMILES string of the molecule is CC(C)(C)CCn1cc(Br)c(N)n1. The maximum atomic E-state index is 5.60. The van der Waals surface area contributed by atoms with E-state index in [0.717, 1.165) is 17.4 Å². The minimum absolute atomic E-state index is 0.340. The van der Waals surface area contributed by atoms with Crippen LogP contribution in [-0.2, 0) is 6.54 Å². The quantitative estimate of drug-likeness (QED) is 0.871. The van der Waals surface area contributed by atoms with Gasteiger partial charge in [-0.25, -0.2) is 0 Å². The van der Waals surface area contributed by atoms with Gasteiger partial charge in [-0.15, -0.1) is 0 Å². The van der Waals surface area contributed by atoms with Crippen molar-refractivity contribution >= 4 is 21.7 Å². The van der Waals surface area contributed by atoms with Crippen molar-refractivity contribution in [3.8, 4) is 0 Å². The highest BCUT2D eigenvalue weighted by Gasteiger charge is 2.10. The largest absolute Gasteiger partial charge is 0.381 e. The summed E-state index contributed by atoms with van der Waals surface area (Å²) < 4.78 is 2.76. The molecule has 1 aromatic rings. The van der Waals surface area contributed by atoms with E-state index in [-0.39, 0.29) is 0 Å². The molecule has 2 N–H and O–H groups in total. The summed E-state index contributed by atoms with van der Waals surface area (Å²) in [5.41, 5.74) is 5.94. The van der Waals surface area contributed by atoms with Gasteiger partial charge in [-0.1, -0.05) is 20.8 Å². The minimum atomic E-state index is 0.340. The molecular formula is C9H16BrN3. The van der Waals surface area contributed by atoms with Crippen molar-refractivity contribution in [3.05, 3.63) is 10.7 Å². The Hall–Kier alpha value is -0.510. The number of aromatic nitrogens is 2. The highest BCUT2D eigenvalue weighted by atomic mass is 79.9. The lowest BCUT2D eigenvalue weighted by atomic mass is 9.92. The minimum Gasteiger partial charge on any atom is -0.381 e. The summed E-state index contributed by atoms with van der Waals surface area (Å²) >= 11 is 3.33. The topological polar surface area (TPSA) is 43.8 Å². The smallest absolute Gasteiger partial charge is 0.159 e. The Kier molecular flexibility index (Phi) is 3.01. The van der Waals surface area contributed by atoms with Gasteiger partial charge in [0.15, 0.2) is 5.82 Å². The number of nitrogens with zero attached hydrogens (tertiary/aromatic N) is 2. The highest BCUT2D eigenvalue weighted by molar-refractivity contribution is 9.10. The predicted molar refractivity (Wildman–Crippen MR) is 58.4 cm³/mol. The van der Waals surface area contributed by atoms with Gasteiger partial charge in [-0.2, -0.15) is 5.10 Å². The molecule has 0 atom stereocenters. The highest BCUT2D eigenvalue weighted by Crippen LogP contribution is 2.21. The first-order valence-corrected chi connectivity index (χ1v) is 5.16. The van der Waals surface area contributed by atoms with Gasteiger partial charge in [-0.05, 0) is 27.8 Å². The van der Waals surface area contributed by atoms with Crippen LogP contribution in [0.25, 0.3) is 0 Å². The molecule has 0 aliphatic rings. The average molecular weight is 246 g/mol. The van der Waals surface area contributed by atoms with Crippen LogP contribution < -0.4 is 5.73 Å². The fraction of sp³-hybridized carbons (Fsp3) is 0.667. The maximum absolute atomic E-state index is 5.60. The molecule has 0 aliphatic carbocycles. The number of rotatable bonds is 2. The molecule has 0 fully saturated rings. The molecule has 0 spiro atoms. The standard InChI is InChI=1S/C9H16BrN3/c1-9(2,3)4-5-13-6-7(10)8(11)12-13/h6H,4-5H2,1-3H3,(H2,11,12). The molecule has 1 heterocycles. The van der Waals surface area contributed by atoms with E-state index < -0.39 is 0 Å². The Balaban J connectivity index is 2.56. The first-order chi connectivity index (χ1) is 5.88. The van der Waals surface area contributed by atoms with Crippen LogP contribution in [0, 0.1) is 5.41 Å². The third kappa shape index (κ3) is 3.38. The van der Waals surface area contributed by atoms with Gasteiger partial charge in [-0.3, -0.25) is 4.68 Å². The summed E-state index contributed by atoms with van der Waals surface area (Å²) in [7, 11) is 0. The lowest BCUT2D eigenvalue weighted by molar-refractivity contribution is 0.341. The predicted octanol–water partition coefficient (Wildman–Crippen LogP) is 2.66. The van der Waals surface area contributed by atoms with E-state index in [1.807, 2.05) is 10.9 Å². The number of hydrogen-bond donors (Lipinski definition) is 1. The fourth-order valence-electron chi connectivity index (χ4n) is 0.976. The van der Waals surface area contributed by atoms with Crippen molar-refractivity contribution < 1.29 is 0 Å². The first kappa shape index (κ1) is 10.6. The monoisotopic (exact) mass is 245 g/mol. The molecule has 0 amide bonds. The van der Waals surface area contributed by atoms with Crippen LogP contribution >= 0.6 is 15.9 Å². The molecule has 13 heavy (non-hydrogen) atoms. The zero-order valence-electron chi connectivity index (χ0n) is 8.34. The number of aryl methyl sites for hydroxylation is 1. The summed E-state index contributed by atoms with van der Waals surface area (Å²) in [5, 5.41) is 4.16. The molecule has 3 nitrogen and oxygen atoms in total. The normalized spacial score (nSPS) is 12.0. The zero-order chi connectivity index (χ0) is 10.1. The van der Waals surface area contributed by atoms with E-state index in [1.165, 1.54) is 0 Å². The van der Waals surface area contributed by atoms with E-state index in [1.54, 1.807) is 0 Å². The van der Waals surface area contributed by atoms with E-state index >= 15 is 0 Å². The van der Waals surface area contributed by atoms with Gasteiger partial charge in [0.25, 0.3) is 0 Å². The second kappa shape index (κ2) is 3.70. The number of halogens is 1. The van der Waals surface area contributed by atoms with Crippen molar-refractivity contribution in [2.75, 3.05) is 5.73 Å². The molecule has 0 saturated carbocycles. The average Bonchev–Trinajstić information content (AvgIpc) is 2.27. The Bertz CT molecular complexity index is 266. The van der Waals surface area contributed by atoms with Crippen LogP contribution in [0.5, 0.6) is 0 Å². The van der Waals surface area contributed by atoms with Crippen molar-refractivity contribution in [2.24, 2.45) is 5.41 Å². The van der Waals surface area contributed by atoms with E-state index in [2.05, 4.69) is 41.8 Å². The second-order valence-corrected chi connectivity index (χ2v) is 5.29. The van der Waals surface area contributed by atoms with Crippen LogP contribution in [0.1, 0.15) is 27.2 Å². The van der Waals surface area contributed by atoms with E-state index in [9.17, 15) is 0 Å². The number of nitrogens with two attached hydrogens (primary N) is 1. The Morgan fingerprint density at radius 2 is 2.15 bits per heavy atom. The molecule has 74 valence electrons. The Labute approximate surface area is 87.4 Å². The summed E-state index contributed by atoms with van der Waals surface area (Å²) in [6.45, 7) is 7.57. The first-order valence-electron chi connectivity index (χ1n) is 4.37. The molecule has 0 aliphatic heterocycles. The number of nitrogen functional groups attached to an aromatic ring is 1. The van der Waals surface area contributed by atoms with Gasteiger partial charge >= 0.3 is 0 Å². The van der Waals surface area contributed by atoms with Crippen LogP contribution in [0.4, 0.5) is 5.82 Å². The lowest BCUT2D eigenvalue weighted by Crippen LogP contribution is -2.10. The molecular weight excluding hydrogens is 230 g/mol. The van der Waals surface area contributed by atoms with Crippen LogP contribution in [0.15, 0.2) is 10.7 Å². The molecule has 0 aromatic carbocycles. The molecule has 4 heteroatoms. The Morgan fingerprint density at radius 1 is 1.54 bits per heavy atom. The van der Waals surface area contributed by atoms with Gasteiger partial charge in [0.2, 0.25) is 0 Å². The number of hydrogen-bond acceptors (Lipinski definition) is 2. The maximum Gasteiger partial charge on any atom is 0.159 e. The summed E-state index contributed by atoms with van der Waals surface area (Å²) in [6, 6.07) is 0. The van der Waals surface area contributed by atoms with Crippen molar-refractivity contribution in [1.29, 1.82) is 0 Å². The molecule has 0 unspecified atom stereocenters. The van der Waals surface area contributed by atoms with Gasteiger partial charge in [0, 0.05) is 12.7 Å². The molecule has 0 saturated heterocycles. The third-order valence-electron chi connectivity index (χ3n) is 1.83. The van der Waals surface area contributed by atoms with Crippen molar-refractivity contribution in [1.82, 2.24) is 9.78 Å². The van der Waals surface area contributed by atoms with Gasteiger partial charge in [0.1, 0.15) is 0 Å². The summed E-state index contributed by atoms with van der Waals surface area (Å²) in [4.78, 5) is 0. The van der Waals surface area contributed by atoms with Crippen LogP contribution in [-0.4, -0.2) is 9.78 Å². The van der Waals surface area contributed by atoms with E-state index in [4.69, 9.17) is 5.73 Å². The summed E-state index contributed by atoms with van der Waals surface area (Å²) in [5.74, 6) is 0.564.